The number of nitrogens with one attached hydrogen (secondary N) is 1. The molecule has 1 N–H and O–H groups in total. The lowest BCUT2D eigenvalue weighted by Gasteiger charge is -1.83. The predicted molar refractivity (Wildman–Crippen MR) is 35.2 cm³/mol. The van der Waals surface area contributed by atoms with Gasteiger partial charge in [-0.2, -0.15) is 8.78 Å². The molecule has 0 atom stereocenters. The quantitative estimate of drug-likeness (QED) is 0.654. The van der Waals surface area contributed by atoms with Crippen molar-refractivity contribution in [3.8, 4) is 0 Å². The van der Waals surface area contributed by atoms with Crippen LogP contribution in [-0.4, -0.2) is 4.98 Å². The summed E-state index contributed by atoms with van der Waals surface area (Å²) >= 11 is 0. The summed E-state index contributed by atoms with van der Waals surface area (Å²) in [4.78, 5) is 2.37. The summed E-state index contributed by atoms with van der Waals surface area (Å²) < 4.78 is 42.3. The normalized spacial score (nSPS) is 11.3. The van der Waals surface area contributed by atoms with Crippen LogP contribution in [0.2, 0.25) is 0 Å². The summed E-state index contributed by atoms with van der Waals surface area (Å²) in [5.74, 6) is -2.10. The summed E-state index contributed by atoms with van der Waals surface area (Å²) in [6.45, 7) is 1.40. The maximum Gasteiger partial charge on any atom is 0.316 e. The van der Waals surface area contributed by atoms with Crippen LogP contribution in [0.5, 0.6) is 0 Å². The average molecular weight is 175 g/mol. The number of furan rings is 1. The molecule has 0 radical (unpaired) electrons. The highest BCUT2D eigenvalue weighted by Crippen LogP contribution is 2.26. The molecule has 0 saturated carbocycles. The van der Waals surface area contributed by atoms with Crippen LogP contribution in [0, 0.1) is 24.6 Å². The first-order valence-corrected chi connectivity index (χ1v) is 3.23. The summed E-state index contributed by atoms with van der Waals surface area (Å²) in [5.41, 5.74) is -0.0809. The SMILES string of the molecule is Cc1[nH]c2oc(F)c(F)c2c1F. The number of aryl methyl sites for hydroxylation is 1. The van der Waals surface area contributed by atoms with Gasteiger partial charge in [0.05, 0.1) is 5.69 Å². The van der Waals surface area contributed by atoms with Crippen molar-refractivity contribution >= 4 is 11.1 Å². The maximum absolute atomic E-state index is 12.9. The molecule has 2 aromatic rings. The molecular formula is C7H4F3NO. The molecule has 0 bridgehead atoms. The summed E-state index contributed by atoms with van der Waals surface area (Å²) in [5, 5.41) is -0.454. The van der Waals surface area contributed by atoms with Gasteiger partial charge in [-0.1, -0.05) is 0 Å². The second-order valence-corrected chi connectivity index (χ2v) is 2.46. The third kappa shape index (κ3) is 0.704. The van der Waals surface area contributed by atoms with Crippen LogP contribution in [0.3, 0.4) is 0 Å². The van der Waals surface area contributed by atoms with E-state index < -0.39 is 23.0 Å². The van der Waals surface area contributed by atoms with Crippen LogP contribution in [0.15, 0.2) is 4.42 Å². The smallest absolute Gasteiger partial charge is 0.316 e. The van der Waals surface area contributed by atoms with Crippen LogP contribution in [0.1, 0.15) is 5.69 Å². The highest BCUT2D eigenvalue weighted by Gasteiger charge is 2.21. The number of hydrogen-bond donors (Lipinski definition) is 1. The van der Waals surface area contributed by atoms with E-state index in [1.807, 2.05) is 0 Å². The van der Waals surface area contributed by atoms with Gasteiger partial charge in [0.25, 0.3) is 0 Å². The minimum atomic E-state index is -1.39. The lowest BCUT2D eigenvalue weighted by Crippen LogP contribution is -1.79. The molecule has 2 heterocycles. The standard InChI is InChI=1S/C7H4F3NO/c1-2-4(8)3-5(9)6(10)12-7(3)11-2/h11H,1H3. The second kappa shape index (κ2) is 2.06. The fourth-order valence-corrected chi connectivity index (χ4v) is 1.08. The Kier molecular flexibility index (Phi) is 1.25. The molecule has 0 fully saturated rings. The van der Waals surface area contributed by atoms with Crippen molar-refractivity contribution in [2.45, 2.75) is 6.92 Å². The molecule has 0 aromatic carbocycles. The van der Waals surface area contributed by atoms with Gasteiger partial charge in [0.15, 0.2) is 5.82 Å². The Morgan fingerprint density at radius 1 is 1.17 bits per heavy atom. The largest absolute Gasteiger partial charge is 0.412 e. The molecule has 2 aromatic heterocycles. The van der Waals surface area contributed by atoms with E-state index in [-0.39, 0.29) is 11.4 Å². The van der Waals surface area contributed by atoms with E-state index in [1.165, 1.54) is 6.92 Å². The number of aromatic nitrogens is 1. The summed E-state index contributed by atoms with van der Waals surface area (Å²) in [6, 6.07) is -1.39. The van der Waals surface area contributed by atoms with Gasteiger partial charge in [0.2, 0.25) is 11.5 Å². The number of hydrogen-bond acceptors (Lipinski definition) is 1. The number of rotatable bonds is 0. The Morgan fingerprint density at radius 3 is 2.42 bits per heavy atom. The first-order valence-electron chi connectivity index (χ1n) is 3.23. The second-order valence-electron chi connectivity index (χ2n) is 2.46. The molecule has 0 spiro atoms. The van der Waals surface area contributed by atoms with E-state index >= 15 is 0 Å². The Labute approximate surface area is 65.0 Å². The van der Waals surface area contributed by atoms with Crippen LogP contribution in [-0.2, 0) is 0 Å². The van der Waals surface area contributed by atoms with Crippen molar-refractivity contribution in [1.82, 2.24) is 4.98 Å². The lowest BCUT2D eigenvalue weighted by atomic mass is 10.3. The van der Waals surface area contributed by atoms with Crippen LogP contribution in [0.4, 0.5) is 13.2 Å². The number of halogens is 3. The number of fused-ring (bicyclic) bond motifs is 1. The minimum Gasteiger partial charge on any atom is -0.412 e. The van der Waals surface area contributed by atoms with Gasteiger partial charge in [0, 0.05) is 0 Å². The Balaban J connectivity index is 2.94. The third-order valence-electron chi connectivity index (χ3n) is 1.66. The molecule has 0 aliphatic heterocycles. The van der Waals surface area contributed by atoms with E-state index in [4.69, 9.17) is 0 Å². The van der Waals surface area contributed by atoms with Crippen molar-refractivity contribution in [3.05, 3.63) is 23.3 Å². The van der Waals surface area contributed by atoms with E-state index in [0.29, 0.717) is 0 Å². The van der Waals surface area contributed by atoms with E-state index in [9.17, 15) is 13.2 Å². The van der Waals surface area contributed by atoms with Crippen molar-refractivity contribution in [2.24, 2.45) is 0 Å². The van der Waals surface area contributed by atoms with Gasteiger partial charge in [-0.25, -0.2) is 4.39 Å². The van der Waals surface area contributed by atoms with E-state index in [1.54, 1.807) is 0 Å². The van der Waals surface area contributed by atoms with Crippen molar-refractivity contribution in [1.29, 1.82) is 0 Å². The summed E-state index contributed by atoms with van der Waals surface area (Å²) in [7, 11) is 0. The van der Waals surface area contributed by atoms with Crippen molar-refractivity contribution in [2.75, 3.05) is 0 Å². The van der Waals surface area contributed by atoms with Crippen molar-refractivity contribution < 1.29 is 17.6 Å². The van der Waals surface area contributed by atoms with Crippen LogP contribution < -0.4 is 0 Å². The van der Waals surface area contributed by atoms with Gasteiger partial charge >= 0.3 is 6.01 Å². The summed E-state index contributed by atoms with van der Waals surface area (Å²) in [6.07, 6.45) is 0. The fourth-order valence-electron chi connectivity index (χ4n) is 1.08. The van der Waals surface area contributed by atoms with Gasteiger partial charge in [-0.3, -0.25) is 0 Å². The molecule has 0 saturated heterocycles. The zero-order chi connectivity index (χ0) is 8.88. The molecule has 0 aliphatic rings. The van der Waals surface area contributed by atoms with Gasteiger partial charge < -0.3 is 9.40 Å². The van der Waals surface area contributed by atoms with Gasteiger partial charge in [0.1, 0.15) is 5.39 Å². The Morgan fingerprint density at radius 2 is 1.83 bits per heavy atom. The van der Waals surface area contributed by atoms with Gasteiger partial charge in [-0.15, -0.1) is 0 Å². The molecule has 64 valence electrons. The Bertz CT molecular complexity index is 405. The monoisotopic (exact) mass is 175 g/mol. The molecule has 0 aliphatic carbocycles. The molecular weight excluding hydrogens is 171 g/mol. The lowest BCUT2D eigenvalue weighted by molar-refractivity contribution is 0.339. The van der Waals surface area contributed by atoms with Crippen LogP contribution >= 0.6 is 0 Å². The molecule has 2 nitrogen and oxygen atoms in total. The number of aromatic amines is 1. The molecule has 12 heavy (non-hydrogen) atoms. The highest BCUT2D eigenvalue weighted by molar-refractivity contribution is 5.77. The fraction of sp³-hybridized carbons (Fsp3) is 0.143. The highest BCUT2D eigenvalue weighted by atomic mass is 19.2. The zero-order valence-electron chi connectivity index (χ0n) is 6.04. The van der Waals surface area contributed by atoms with E-state index in [2.05, 4.69) is 9.40 Å². The van der Waals surface area contributed by atoms with E-state index in [0.717, 1.165) is 0 Å². The average Bonchev–Trinajstić information content (AvgIpc) is 2.40. The first kappa shape index (κ1) is 7.27. The maximum atomic E-state index is 12.9. The molecule has 0 unspecified atom stereocenters. The molecule has 0 amide bonds. The van der Waals surface area contributed by atoms with Crippen molar-refractivity contribution in [3.63, 3.8) is 0 Å². The third-order valence-corrected chi connectivity index (χ3v) is 1.66. The molecule has 5 heteroatoms. The topological polar surface area (TPSA) is 28.9 Å². The Hall–Kier alpha value is -1.39. The zero-order valence-corrected chi connectivity index (χ0v) is 6.04. The van der Waals surface area contributed by atoms with Gasteiger partial charge in [-0.05, 0) is 6.92 Å². The molecule has 2 rings (SSSR count). The van der Waals surface area contributed by atoms with Crippen LogP contribution in [0.25, 0.3) is 11.1 Å². The minimum absolute atomic E-state index is 0.127. The predicted octanol–water partition coefficient (Wildman–Crippen LogP) is 2.49. The first-order chi connectivity index (χ1) is 5.61. The number of H-pyrrole nitrogens is 1.